The first kappa shape index (κ1) is 12.3. The van der Waals surface area contributed by atoms with Crippen LogP contribution in [0.25, 0.3) is 0 Å². The maximum Gasteiger partial charge on any atom is 0.221 e. The van der Waals surface area contributed by atoms with E-state index in [1.54, 1.807) is 42.5 Å². The Balaban J connectivity index is 2.25. The minimum atomic E-state index is -0.280. The molecular weight excluding hydrogens is 254 g/mol. The molecule has 1 aliphatic rings. The van der Waals surface area contributed by atoms with E-state index in [9.17, 15) is 14.4 Å². The first-order valence-electron chi connectivity index (χ1n) is 6.18. The van der Waals surface area contributed by atoms with Crippen LogP contribution in [0.3, 0.4) is 0 Å². The Hall–Kier alpha value is -2.75. The lowest BCUT2D eigenvalue weighted by atomic mass is 9.83. The highest BCUT2D eigenvalue weighted by atomic mass is 16.2. The van der Waals surface area contributed by atoms with Crippen LogP contribution in [-0.2, 0) is 4.79 Å². The standard InChI is InChI=1S/C16H11NO3/c1-9(18)17-13-8-4-7-12-14(13)16(20)11-6-3-2-5-10(11)15(12)19/h2-8H,1H3,(H,17,18). The third kappa shape index (κ3) is 1.73. The number of nitrogens with one attached hydrogen (secondary N) is 1. The summed E-state index contributed by atoms with van der Waals surface area (Å²) in [7, 11) is 0. The smallest absolute Gasteiger partial charge is 0.221 e. The molecule has 2 aromatic carbocycles. The van der Waals surface area contributed by atoms with Gasteiger partial charge in [0.25, 0.3) is 0 Å². The minimum Gasteiger partial charge on any atom is -0.326 e. The summed E-state index contributed by atoms with van der Waals surface area (Å²) in [4.78, 5) is 36.2. The van der Waals surface area contributed by atoms with Crippen molar-refractivity contribution in [2.45, 2.75) is 6.92 Å². The molecule has 1 amide bonds. The molecule has 0 atom stereocenters. The summed E-state index contributed by atoms with van der Waals surface area (Å²) in [5.41, 5.74) is 1.77. The lowest BCUT2D eigenvalue weighted by Gasteiger charge is -2.19. The molecule has 3 rings (SSSR count). The van der Waals surface area contributed by atoms with Crippen LogP contribution in [0.4, 0.5) is 5.69 Å². The summed E-state index contributed by atoms with van der Waals surface area (Å²) in [5.74, 6) is -0.709. The Morgan fingerprint density at radius 2 is 1.45 bits per heavy atom. The van der Waals surface area contributed by atoms with E-state index in [1.165, 1.54) is 6.92 Å². The maximum absolute atomic E-state index is 12.6. The molecule has 1 N–H and O–H groups in total. The molecule has 20 heavy (non-hydrogen) atoms. The molecule has 0 spiro atoms. The number of hydrogen-bond acceptors (Lipinski definition) is 3. The number of anilines is 1. The average Bonchev–Trinajstić information content (AvgIpc) is 2.44. The van der Waals surface area contributed by atoms with Crippen LogP contribution in [-0.4, -0.2) is 17.5 Å². The van der Waals surface area contributed by atoms with Gasteiger partial charge >= 0.3 is 0 Å². The molecule has 1 aliphatic carbocycles. The SMILES string of the molecule is CC(=O)Nc1cccc2c1C(=O)c1ccccc1C2=O. The van der Waals surface area contributed by atoms with E-state index in [1.807, 2.05) is 0 Å². The molecule has 0 fully saturated rings. The predicted molar refractivity (Wildman–Crippen MR) is 74.1 cm³/mol. The van der Waals surface area contributed by atoms with Crippen molar-refractivity contribution in [2.24, 2.45) is 0 Å². The van der Waals surface area contributed by atoms with Crippen molar-refractivity contribution in [1.82, 2.24) is 0 Å². The van der Waals surface area contributed by atoms with Crippen LogP contribution in [0, 0.1) is 0 Å². The second-order valence-corrected chi connectivity index (χ2v) is 4.61. The van der Waals surface area contributed by atoms with Crippen LogP contribution >= 0.6 is 0 Å². The number of rotatable bonds is 1. The molecule has 0 unspecified atom stereocenters. The van der Waals surface area contributed by atoms with Gasteiger partial charge in [-0.05, 0) is 6.07 Å². The van der Waals surface area contributed by atoms with Crippen LogP contribution in [0.5, 0.6) is 0 Å². The van der Waals surface area contributed by atoms with Gasteiger partial charge in [-0.2, -0.15) is 0 Å². The normalized spacial score (nSPS) is 12.7. The molecule has 0 aromatic heterocycles. The largest absolute Gasteiger partial charge is 0.326 e. The van der Waals surface area contributed by atoms with E-state index < -0.39 is 0 Å². The summed E-state index contributed by atoms with van der Waals surface area (Å²) < 4.78 is 0. The van der Waals surface area contributed by atoms with Crippen molar-refractivity contribution >= 4 is 23.2 Å². The van der Waals surface area contributed by atoms with E-state index in [-0.39, 0.29) is 23.0 Å². The van der Waals surface area contributed by atoms with Gasteiger partial charge < -0.3 is 5.32 Å². The van der Waals surface area contributed by atoms with Crippen LogP contribution in [0.1, 0.15) is 38.8 Å². The number of fused-ring (bicyclic) bond motifs is 2. The third-order valence-corrected chi connectivity index (χ3v) is 3.26. The summed E-state index contributed by atoms with van der Waals surface area (Å²) in [6, 6.07) is 11.6. The van der Waals surface area contributed by atoms with Gasteiger partial charge in [0.1, 0.15) is 0 Å². The van der Waals surface area contributed by atoms with Crippen molar-refractivity contribution in [3.8, 4) is 0 Å². The van der Waals surface area contributed by atoms with Crippen LogP contribution in [0.2, 0.25) is 0 Å². The molecule has 0 saturated carbocycles. The highest BCUT2D eigenvalue weighted by Crippen LogP contribution is 2.31. The topological polar surface area (TPSA) is 63.2 Å². The number of amides is 1. The molecule has 98 valence electrons. The van der Waals surface area contributed by atoms with Crippen LogP contribution in [0.15, 0.2) is 42.5 Å². The fourth-order valence-electron chi connectivity index (χ4n) is 2.44. The minimum absolute atomic E-state index is 0.192. The van der Waals surface area contributed by atoms with Gasteiger partial charge in [-0.25, -0.2) is 0 Å². The summed E-state index contributed by atoms with van der Waals surface area (Å²) in [6.45, 7) is 1.36. The molecule has 4 nitrogen and oxygen atoms in total. The fourth-order valence-corrected chi connectivity index (χ4v) is 2.44. The van der Waals surface area contributed by atoms with Crippen molar-refractivity contribution in [3.05, 3.63) is 64.7 Å². The number of carbonyl (C=O) groups excluding carboxylic acids is 3. The molecule has 0 radical (unpaired) electrons. The van der Waals surface area contributed by atoms with Gasteiger partial charge in [-0.15, -0.1) is 0 Å². The Bertz CT molecular complexity index is 762. The number of ketones is 2. The van der Waals surface area contributed by atoms with Gasteiger partial charge in [0.05, 0.1) is 11.3 Å². The van der Waals surface area contributed by atoms with Gasteiger partial charge in [0.15, 0.2) is 11.6 Å². The van der Waals surface area contributed by atoms with E-state index in [0.717, 1.165) is 0 Å². The molecule has 0 bridgehead atoms. The molecule has 0 aliphatic heterocycles. The summed E-state index contributed by atoms with van der Waals surface area (Å²) >= 11 is 0. The Morgan fingerprint density at radius 3 is 2.10 bits per heavy atom. The molecular formula is C16H11NO3. The van der Waals surface area contributed by atoms with Crippen molar-refractivity contribution in [1.29, 1.82) is 0 Å². The van der Waals surface area contributed by atoms with Gasteiger partial charge in [0.2, 0.25) is 5.91 Å². The molecule has 2 aromatic rings. The van der Waals surface area contributed by atoms with E-state index in [4.69, 9.17) is 0 Å². The highest BCUT2D eigenvalue weighted by Gasteiger charge is 2.31. The summed E-state index contributed by atoms with van der Waals surface area (Å²) in [6.07, 6.45) is 0. The Kier molecular flexibility index (Phi) is 2.71. The van der Waals surface area contributed by atoms with E-state index in [2.05, 4.69) is 5.32 Å². The van der Waals surface area contributed by atoms with Gasteiger partial charge in [-0.3, -0.25) is 14.4 Å². The maximum atomic E-state index is 12.6. The van der Waals surface area contributed by atoms with Crippen molar-refractivity contribution in [2.75, 3.05) is 5.32 Å². The zero-order valence-electron chi connectivity index (χ0n) is 10.8. The second kappa shape index (κ2) is 4.42. The highest BCUT2D eigenvalue weighted by molar-refractivity contribution is 6.30. The third-order valence-electron chi connectivity index (χ3n) is 3.26. The molecule has 4 heteroatoms. The van der Waals surface area contributed by atoms with Gasteiger partial charge in [0, 0.05) is 23.6 Å². The molecule has 0 heterocycles. The van der Waals surface area contributed by atoms with Crippen molar-refractivity contribution < 1.29 is 14.4 Å². The Morgan fingerprint density at radius 1 is 0.850 bits per heavy atom. The Labute approximate surface area is 115 Å². The first-order valence-corrected chi connectivity index (χ1v) is 6.18. The average molecular weight is 265 g/mol. The van der Waals surface area contributed by atoms with E-state index >= 15 is 0 Å². The zero-order valence-corrected chi connectivity index (χ0v) is 10.8. The monoisotopic (exact) mass is 265 g/mol. The lowest BCUT2D eigenvalue weighted by Crippen LogP contribution is -2.23. The second-order valence-electron chi connectivity index (χ2n) is 4.61. The predicted octanol–water partition coefficient (Wildman–Crippen LogP) is 2.42. The fraction of sp³-hybridized carbons (Fsp3) is 0.0625. The zero-order chi connectivity index (χ0) is 14.3. The number of hydrogen-bond donors (Lipinski definition) is 1. The number of carbonyl (C=O) groups is 3. The first-order chi connectivity index (χ1) is 9.59. The van der Waals surface area contributed by atoms with Crippen LogP contribution < -0.4 is 5.32 Å². The lowest BCUT2D eigenvalue weighted by molar-refractivity contribution is -0.114. The van der Waals surface area contributed by atoms with E-state index in [0.29, 0.717) is 22.4 Å². The van der Waals surface area contributed by atoms with Gasteiger partial charge in [-0.1, -0.05) is 36.4 Å². The summed E-state index contributed by atoms with van der Waals surface area (Å²) in [5, 5.41) is 2.60. The van der Waals surface area contributed by atoms with Crippen molar-refractivity contribution in [3.63, 3.8) is 0 Å². The molecule has 0 saturated heterocycles. The quantitative estimate of drug-likeness (QED) is 0.735. The number of benzene rings is 2.